The third-order valence-electron chi connectivity index (χ3n) is 5.95. The Bertz CT molecular complexity index is 581. The quantitative estimate of drug-likeness (QED) is 0.760. The standard InChI is InChI=1S/C18H25N3O3/c1-2-3-9-18(19-20-18)10-6-15(22)21-12-11-17(7-4-5-8-17)13-14(21)16(23)24/h1,14H,3-13H2,(H,23,24). The average Bonchev–Trinajstić information content (AvgIpc) is 3.22. The highest BCUT2D eigenvalue weighted by atomic mass is 16.4. The van der Waals surface area contributed by atoms with Gasteiger partial charge in [0.05, 0.1) is 0 Å². The Kier molecular flexibility index (Phi) is 4.62. The van der Waals surface area contributed by atoms with Crippen LogP contribution in [0.25, 0.3) is 0 Å². The summed E-state index contributed by atoms with van der Waals surface area (Å²) >= 11 is 0. The van der Waals surface area contributed by atoms with Gasteiger partial charge in [-0.15, -0.1) is 12.3 Å². The van der Waals surface area contributed by atoms with Crippen molar-refractivity contribution in [2.24, 2.45) is 15.6 Å². The van der Waals surface area contributed by atoms with Gasteiger partial charge in [-0.2, -0.15) is 10.2 Å². The molecule has 1 amide bonds. The lowest BCUT2D eigenvalue weighted by Gasteiger charge is -2.43. The third kappa shape index (κ3) is 3.45. The highest BCUT2D eigenvalue weighted by Gasteiger charge is 2.46. The van der Waals surface area contributed by atoms with Gasteiger partial charge in [-0.3, -0.25) is 4.79 Å². The Hall–Kier alpha value is -1.90. The van der Waals surface area contributed by atoms with E-state index in [1.807, 2.05) is 0 Å². The zero-order valence-corrected chi connectivity index (χ0v) is 14.0. The van der Waals surface area contributed by atoms with E-state index in [1.54, 1.807) is 4.90 Å². The molecular formula is C18H25N3O3. The molecule has 6 heteroatoms. The summed E-state index contributed by atoms with van der Waals surface area (Å²) in [5.41, 5.74) is -0.335. The fourth-order valence-corrected chi connectivity index (χ4v) is 4.35. The first-order chi connectivity index (χ1) is 11.5. The summed E-state index contributed by atoms with van der Waals surface area (Å²) in [6.45, 7) is 0.557. The topological polar surface area (TPSA) is 82.3 Å². The lowest BCUT2D eigenvalue weighted by atomic mass is 9.74. The van der Waals surface area contributed by atoms with Crippen molar-refractivity contribution in [1.29, 1.82) is 0 Å². The number of terminal acetylenes is 1. The zero-order chi connectivity index (χ0) is 17.2. The molecule has 0 aromatic carbocycles. The second kappa shape index (κ2) is 6.54. The molecule has 24 heavy (non-hydrogen) atoms. The van der Waals surface area contributed by atoms with Crippen LogP contribution in [0.4, 0.5) is 0 Å². The second-order valence-electron chi connectivity index (χ2n) is 7.49. The van der Waals surface area contributed by atoms with Crippen molar-refractivity contribution in [1.82, 2.24) is 4.90 Å². The first kappa shape index (κ1) is 16.9. The molecule has 0 aromatic rings. The Labute approximate surface area is 142 Å². The van der Waals surface area contributed by atoms with Crippen LogP contribution in [0.15, 0.2) is 10.2 Å². The molecule has 3 rings (SSSR count). The summed E-state index contributed by atoms with van der Waals surface area (Å²) in [6, 6.07) is -0.681. The smallest absolute Gasteiger partial charge is 0.326 e. The van der Waals surface area contributed by atoms with E-state index in [0.717, 1.165) is 19.3 Å². The van der Waals surface area contributed by atoms with Gasteiger partial charge in [0.15, 0.2) is 5.66 Å². The molecule has 1 saturated carbocycles. The van der Waals surface area contributed by atoms with Gasteiger partial charge in [0.1, 0.15) is 6.04 Å². The Morgan fingerprint density at radius 3 is 2.50 bits per heavy atom. The van der Waals surface area contributed by atoms with E-state index in [9.17, 15) is 14.7 Å². The number of amides is 1. The maximum absolute atomic E-state index is 12.6. The maximum atomic E-state index is 12.6. The minimum absolute atomic E-state index is 0.0902. The molecule has 0 aromatic heterocycles. The molecule has 0 bridgehead atoms. The van der Waals surface area contributed by atoms with Crippen molar-refractivity contribution in [3.63, 3.8) is 0 Å². The fraction of sp³-hybridized carbons (Fsp3) is 0.778. The Morgan fingerprint density at radius 1 is 1.21 bits per heavy atom. The van der Waals surface area contributed by atoms with E-state index in [4.69, 9.17) is 6.42 Å². The van der Waals surface area contributed by atoms with Crippen LogP contribution < -0.4 is 0 Å². The number of hydrogen-bond acceptors (Lipinski definition) is 4. The summed E-state index contributed by atoms with van der Waals surface area (Å²) < 4.78 is 0. The minimum Gasteiger partial charge on any atom is -0.480 e. The molecule has 2 heterocycles. The number of piperidine rings is 1. The summed E-state index contributed by atoms with van der Waals surface area (Å²) in [7, 11) is 0. The summed E-state index contributed by atoms with van der Waals surface area (Å²) in [5.74, 6) is 1.60. The highest BCUT2D eigenvalue weighted by Crippen LogP contribution is 2.48. The monoisotopic (exact) mass is 331 g/mol. The van der Waals surface area contributed by atoms with Gasteiger partial charge >= 0.3 is 5.97 Å². The fourth-order valence-electron chi connectivity index (χ4n) is 4.35. The van der Waals surface area contributed by atoms with Gasteiger partial charge in [-0.25, -0.2) is 4.79 Å². The van der Waals surface area contributed by atoms with E-state index in [-0.39, 0.29) is 17.7 Å². The minimum atomic E-state index is -0.878. The van der Waals surface area contributed by atoms with Gasteiger partial charge in [0.2, 0.25) is 5.91 Å². The molecule has 6 nitrogen and oxygen atoms in total. The van der Waals surface area contributed by atoms with Gasteiger partial charge in [-0.05, 0) is 31.1 Å². The molecule has 3 aliphatic rings. The second-order valence-corrected chi connectivity index (χ2v) is 7.49. The van der Waals surface area contributed by atoms with Gasteiger partial charge in [0.25, 0.3) is 0 Å². The first-order valence-corrected chi connectivity index (χ1v) is 8.89. The third-order valence-corrected chi connectivity index (χ3v) is 5.95. The molecule has 1 N–H and O–H groups in total. The molecule has 0 radical (unpaired) electrons. The van der Waals surface area contributed by atoms with Crippen LogP contribution in [0.1, 0.15) is 64.2 Å². The number of likely N-dealkylation sites (tertiary alicyclic amines) is 1. The number of carbonyl (C=O) groups excluding carboxylic acids is 1. The normalized spacial score (nSPS) is 26.3. The summed E-state index contributed by atoms with van der Waals surface area (Å²) in [6.07, 6.45) is 13.4. The van der Waals surface area contributed by atoms with E-state index in [0.29, 0.717) is 32.2 Å². The number of hydrogen-bond donors (Lipinski definition) is 1. The number of carboxylic acids is 1. The van der Waals surface area contributed by atoms with Gasteiger partial charge in [-0.1, -0.05) is 12.8 Å². The lowest BCUT2D eigenvalue weighted by Crippen LogP contribution is -2.52. The molecule has 2 fully saturated rings. The summed E-state index contributed by atoms with van der Waals surface area (Å²) in [4.78, 5) is 25.9. The van der Waals surface area contributed by atoms with E-state index in [1.165, 1.54) is 12.8 Å². The number of nitrogens with zero attached hydrogens (tertiary/aromatic N) is 3. The number of rotatable bonds is 6. The zero-order valence-electron chi connectivity index (χ0n) is 14.0. The average molecular weight is 331 g/mol. The number of carbonyl (C=O) groups is 2. The van der Waals surface area contributed by atoms with Crippen LogP contribution in [0.2, 0.25) is 0 Å². The molecule has 2 aliphatic heterocycles. The van der Waals surface area contributed by atoms with Crippen molar-refractivity contribution in [3.8, 4) is 12.3 Å². The predicted molar refractivity (Wildman–Crippen MR) is 88.2 cm³/mol. The van der Waals surface area contributed by atoms with Crippen LogP contribution >= 0.6 is 0 Å². The molecule has 1 aliphatic carbocycles. The molecule has 1 unspecified atom stereocenters. The van der Waals surface area contributed by atoms with Crippen LogP contribution in [0.3, 0.4) is 0 Å². The number of aliphatic carboxylic acids is 1. The molecule has 130 valence electrons. The van der Waals surface area contributed by atoms with Gasteiger partial charge < -0.3 is 10.0 Å². The van der Waals surface area contributed by atoms with E-state index < -0.39 is 17.7 Å². The van der Waals surface area contributed by atoms with E-state index in [2.05, 4.69) is 16.1 Å². The lowest BCUT2D eigenvalue weighted by molar-refractivity contribution is -0.155. The maximum Gasteiger partial charge on any atom is 0.326 e. The van der Waals surface area contributed by atoms with Crippen molar-refractivity contribution in [2.45, 2.75) is 75.9 Å². The molecule has 1 atom stereocenters. The Morgan fingerprint density at radius 2 is 1.92 bits per heavy atom. The highest BCUT2D eigenvalue weighted by molar-refractivity contribution is 5.84. The number of carboxylic acid groups (broad SMARTS) is 1. The van der Waals surface area contributed by atoms with Crippen LogP contribution in [-0.4, -0.2) is 40.1 Å². The Balaban J connectivity index is 1.57. The van der Waals surface area contributed by atoms with Crippen LogP contribution in [0, 0.1) is 17.8 Å². The summed E-state index contributed by atoms with van der Waals surface area (Å²) in [5, 5.41) is 17.7. The van der Waals surface area contributed by atoms with Crippen LogP contribution in [0.5, 0.6) is 0 Å². The van der Waals surface area contributed by atoms with Crippen molar-refractivity contribution in [2.75, 3.05) is 6.54 Å². The van der Waals surface area contributed by atoms with Gasteiger partial charge in [0, 0.05) is 32.2 Å². The van der Waals surface area contributed by atoms with E-state index >= 15 is 0 Å². The van der Waals surface area contributed by atoms with Crippen molar-refractivity contribution >= 4 is 11.9 Å². The first-order valence-electron chi connectivity index (χ1n) is 8.89. The SMILES string of the molecule is C#CCCC1(CCC(=O)N2CCC3(CCCC3)CC2C(=O)O)N=N1. The molecular weight excluding hydrogens is 306 g/mol. The predicted octanol–water partition coefficient (Wildman–Crippen LogP) is 2.98. The largest absolute Gasteiger partial charge is 0.480 e. The van der Waals surface area contributed by atoms with Crippen LogP contribution in [-0.2, 0) is 9.59 Å². The van der Waals surface area contributed by atoms with Crippen molar-refractivity contribution in [3.05, 3.63) is 0 Å². The molecule has 1 spiro atoms. The van der Waals surface area contributed by atoms with Crippen molar-refractivity contribution < 1.29 is 14.7 Å². The molecule has 1 saturated heterocycles.